The zero-order valence-electron chi connectivity index (χ0n) is 9.33. The first kappa shape index (κ1) is 13.9. The summed E-state index contributed by atoms with van der Waals surface area (Å²) in [5.74, 6) is 0.00531. The topological polar surface area (TPSA) is 105 Å². The molecule has 1 aromatic rings. The van der Waals surface area contributed by atoms with Crippen molar-refractivity contribution in [2.45, 2.75) is 30.0 Å². The monoisotopic (exact) mass is 277 g/mol. The van der Waals surface area contributed by atoms with Gasteiger partial charge < -0.3 is 10.9 Å². The summed E-state index contributed by atoms with van der Waals surface area (Å²) < 4.78 is 26.6. The van der Waals surface area contributed by atoms with Crippen molar-refractivity contribution in [3.8, 4) is 0 Å². The standard InChI is InChI=1S/C9H15N3O3S2/c1-2-7(6-8(10)11-13)12-17(14,15)9-4-3-5-16-9/h3-5,7,12-13H,2,6H2,1H3,(H2,10,11). The number of nitrogens with two attached hydrogens (primary N) is 1. The highest BCUT2D eigenvalue weighted by atomic mass is 32.2. The summed E-state index contributed by atoms with van der Waals surface area (Å²) in [5.41, 5.74) is 5.35. The van der Waals surface area contributed by atoms with E-state index in [1.807, 2.05) is 6.92 Å². The van der Waals surface area contributed by atoms with Crippen LogP contribution >= 0.6 is 11.3 Å². The minimum Gasteiger partial charge on any atom is -0.409 e. The maximum atomic E-state index is 11.9. The van der Waals surface area contributed by atoms with Gasteiger partial charge in [-0.1, -0.05) is 18.1 Å². The first-order valence-electron chi connectivity index (χ1n) is 5.01. The molecule has 4 N–H and O–H groups in total. The summed E-state index contributed by atoms with van der Waals surface area (Å²) in [5, 5.41) is 13.0. The van der Waals surface area contributed by atoms with E-state index in [9.17, 15) is 8.42 Å². The Morgan fingerprint density at radius 1 is 1.71 bits per heavy atom. The summed E-state index contributed by atoms with van der Waals surface area (Å²) in [7, 11) is -3.51. The van der Waals surface area contributed by atoms with Gasteiger partial charge in [-0.15, -0.1) is 11.3 Å². The number of rotatable bonds is 6. The van der Waals surface area contributed by atoms with Crippen LogP contribution in [0.2, 0.25) is 0 Å². The van der Waals surface area contributed by atoms with Gasteiger partial charge in [0.1, 0.15) is 10.0 Å². The number of hydrogen-bond acceptors (Lipinski definition) is 5. The Hall–Kier alpha value is -1.12. The predicted octanol–water partition coefficient (Wildman–Crippen LogP) is 0.942. The predicted molar refractivity (Wildman–Crippen MR) is 66.7 cm³/mol. The third-order valence-corrected chi connectivity index (χ3v) is 5.08. The normalized spacial score (nSPS) is 14.8. The number of nitrogens with one attached hydrogen (secondary N) is 1. The molecule has 0 amide bonds. The van der Waals surface area contributed by atoms with Gasteiger partial charge in [-0.05, 0) is 17.9 Å². The van der Waals surface area contributed by atoms with Gasteiger partial charge in [-0.2, -0.15) is 0 Å². The fourth-order valence-corrected chi connectivity index (χ4v) is 3.59. The SMILES string of the molecule is CCC(CC(N)=NO)NS(=O)(=O)c1cccs1. The highest BCUT2D eigenvalue weighted by molar-refractivity contribution is 7.91. The quantitative estimate of drug-likeness (QED) is 0.311. The van der Waals surface area contributed by atoms with Crippen LogP contribution in [0.3, 0.4) is 0 Å². The van der Waals surface area contributed by atoms with Gasteiger partial charge in [-0.3, -0.25) is 0 Å². The van der Waals surface area contributed by atoms with E-state index in [-0.39, 0.29) is 22.5 Å². The lowest BCUT2D eigenvalue weighted by atomic mass is 10.1. The first-order chi connectivity index (χ1) is 7.99. The van der Waals surface area contributed by atoms with Gasteiger partial charge in [0.2, 0.25) is 10.0 Å². The molecule has 1 unspecified atom stereocenters. The van der Waals surface area contributed by atoms with Crippen LogP contribution in [0.5, 0.6) is 0 Å². The lowest BCUT2D eigenvalue weighted by molar-refractivity contribution is 0.316. The molecule has 0 aromatic carbocycles. The number of amidine groups is 1. The van der Waals surface area contributed by atoms with E-state index < -0.39 is 10.0 Å². The minimum absolute atomic E-state index is 0.00531. The third kappa shape index (κ3) is 3.99. The molecule has 0 aliphatic carbocycles. The van der Waals surface area contributed by atoms with Crippen molar-refractivity contribution in [2.24, 2.45) is 10.9 Å². The van der Waals surface area contributed by atoms with Crippen molar-refractivity contribution in [1.82, 2.24) is 4.72 Å². The second-order valence-corrected chi connectivity index (χ2v) is 6.34. The van der Waals surface area contributed by atoms with Gasteiger partial charge in [0.05, 0.1) is 0 Å². The van der Waals surface area contributed by atoms with Crippen LogP contribution < -0.4 is 10.5 Å². The van der Waals surface area contributed by atoms with Gasteiger partial charge in [0.15, 0.2) is 0 Å². The maximum absolute atomic E-state index is 11.9. The maximum Gasteiger partial charge on any atom is 0.250 e. The molecule has 0 aliphatic rings. The molecule has 0 saturated heterocycles. The van der Waals surface area contributed by atoms with Crippen molar-refractivity contribution in [3.63, 3.8) is 0 Å². The van der Waals surface area contributed by atoms with Crippen LogP contribution in [0.4, 0.5) is 0 Å². The summed E-state index contributed by atoms with van der Waals surface area (Å²) in [6, 6.07) is 2.82. The fourth-order valence-electron chi connectivity index (χ4n) is 1.26. The van der Waals surface area contributed by atoms with E-state index in [1.54, 1.807) is 11.4 Å². The molecule has 1 rings (SSSR count). The molecule has 0 radical (unpaired) electrons. The molecule has 17 heavy (non-hydrogen) atoms. The average molecular weight is 277 g/mol. The Labute approximate surface area is 104 Å². The Kier molecular flexibility index (Phi) is 4.91. The van der Waals surface area contributed by atoms with E-state index in [0.29, 0.717) is 6.42 Å². The highest BCUT2D eigenvalue weighted by Crippen LogP contribution is 2.16. The van der Waals surface area contributed by atoms with Gasteiger partial charge in [0.25, 0.3) is 0 Å². The fraction of sp³-hybridized carbons (Fsp3) is 0.444. The van der Waals surface area contributed by atoms with Crippen molar-refractivity contribution in [3.05, 3.63) is 17.5 Å². The summed E-state index contributed by atoms with van der Waals surface area (Å²) in [4.78, 5) is 0. The minimum atomic E-state index is -3.51. The Balaban J connectivity index is 2.75. The van der Waals surface area contributed by atoms with Crippen molar-refractivity contribution in [1.29, 1.82) is 0 Å². The lowest BCUT2D eigenvalue weighted by Crippen LogP contribution is -2.37. The molecular formula is C9H15N3O3S2. The van der Waals surface area contributed by atoms with Crippen LogP contribution in [-0.2, 0) is 10.0 Å². The molecular weight excluding hydrogens is 262 g/mol. The summed E-state index contributed by atoms with van der Waals surface area (Å²) in [6.07, 6.45) is 0.735. The smallest absolute Gasteiger partial charge is 0.250 e. The van der Waals surface area contributed by atoms with E-state index in [2.05, 4.69) is 9.88 Å². The molecule has 0 fully saturated rings. The van der Waals surface area contributed by atoms with Crippen LogP contribution in [0, 0.1) is 0 Å². The van der Waals surface area contributed by atoms with E-state index in [4.69, 9.17) is 10.9 Å². The molecule has 1 atom stereocenters. The molecule has 6 nitrogen and oxygen atoms in total. The molecule has 0 aliphatic heterocycles. The second kappa shape index (κ2) is 5.99. The summed E-state index contributed by atoms with van der Waals surface area (Å²) >= 11 is 1.15. The number of thiophene rings is 1. The third-order valence-electron chi connectivity index (χ3n) is 2.16. The van der Waals surface area contributed by atoms with Crippen LogP contribution in [0.25, 0.3) is 0 Å². The Bertz CT molecular complexity index is 468. The zero-order valence-corrected chi connectivity index (χ0v) is 11.0. The van der Waals surface area contributed by atoms with E-state index in [0.717, 1.165) is 11.3 Å². The van der Waals surface area contributed by atoms with Crippen LogP contribution in [-0.4, -0.2) is 25.5 Å². The number of oxime groups is 1. The number of nitrogens with zero attached hydrogens (tertiary/aromatic N) is 1. The lowest BCUT2D eigenvalue weighted by Gasteiger charge is -2.15. The van der Waals surface area contributed by atoms with Gasteiger partial charge in [0, 0.05) is 12.5 Å². The van der Waals surface area contributed by atoms with Crippen molar-refractivity contribution >= 4 is 27.2 Å². The Morgan fingerprint density at radius 3 is 2.88 bits per heavy atom. The average Bonchev–Trinajstić information content (AvgIpc) is 2.81. The largest absolute Gasteiger partial charge is 0.409 e. The van der Waals surface area contributed by atoms with Crippen LogP contribution in [0.1, 0.15) is 19.8 Å². The second-order valence-electron chi connectivity index (χ2n) is 3.45. The molecule has 0 saturated carbocycles. The number of sulfonamides is 1. The molecule has 0 bridgehead atoms. The van der Waals surface area contributed by atoms with Gasteiger partial charge in [-0.25, -0.2) is 13.1 Å². The molecule has 1 aromatic heterocycles. The van der Waals surface area contributed by atoms with Crippen molar-refractivity contribution < 1.29 is 13.6 Å². The van der Waals surface area contributed by atoms with E-state index >= 15 is 0 Å². The van der Waals surface area contributed by atoms with Gasteiger partial charge >= 0.3 is 0 Å². The first-order valence-corrected chi connectivity index (χ1v) is 7.38. The van der Waals surface area contributed by atoms with Crippen LogP contribution in [0.15, 0.2) is 26.9 Å². The molecule has 8 heteroatoms. The molecule has 0 spiro atoms. The zero-order chi connectivity index (χ0) is 12.9. The Morgan fingerprint density at radius 2 is 2.41 bits per heavy atom. The highest BCUT2D eigenvalue weighted by Gasteiger charge is 2.20. The molecule has 96 valence electrons. The van der Waals surface area contributed by atoms with Crippen molar-refractivity contribution in [2.75, 3.05) is 0 Å². The number of hydrogen-bond donors (Lipinski definition) is 3. The summed E-state index contributed by atoms with van der Waals surface area (Å²) in [6.45, 7) is 1.83. The van der Waals surface area contributed by atoms with E-state index in [1.165, 1.54) is 6.07 Å². The molecule has 1 heterocycles.